The van der Waals surface area contributed by atoms with Crippen molar-refractivity contribution in [3.8, 4) is 0 Å². The fraction of sp³-hybridized carbons (Fsp3) is 0.263. The van der Waals surface area contributed by atoms with Gasteiger partial charge in [-0.1, -0.05) is 24.3 Å². The Kier molecular flexibility index (Phi) is 5.30. The van der Waals surface area contributed by atoms with Crippen molar-refractivity contribution in [2.75, 3.05) is 30.3 Å². The van der Waals surface area contributed by atoms with Crippen LogP contribution in [0.4, 0.5) is 16.2 Å². The lowest BCUT2D eigenvalue weighted by molar-refractivity contribution is 0.0942. The Bertz CT molecular complexity index is 757. The molecule has 1 fully saturated rings. The highest BCUT2D eigenvalue weighted by Crippen LogP contribution is 2.18. The molecule has 0 atom stereocenters. The van der Waals surface area contributed by atoms with Gasteiger partial charge in [0, 0.05) is 42.5 Å². The number of anilines is 2. The number of nitrogens with one attached hydrogen (secondary N) is 4. The first-order valence-corrected chi connectivity index (χ1v) is 8.34. The van der Waals surface area contributed by atoms with E-state index in [2.05, 4.69) is 21.3 Å². The van der Waals surface area contributed by atoms with E-state index in [0.717, 1.165) is 18.7 Å². The average Bonchev–Trinajstić information content (AvgIpc) is 2.56. The number of carbonyl (C=O) groups is 2. The summed E-state index contributed by atoms with van der Waals surface area (Å²) in [6.45, 7) is 4.44. The Labute approximate surface area is 147 Å². The molecule has 0 unspecified atom stereocenters. The van der Waals surface area contributed by atoms with Gasteiger partial charge in [0.1, 0.15) is 0 Å². The van der Waals surface area contributed by atoms with Gasteiger partial charge in [-0.25, -0.2) is 4.79 Å². The number of hydrogen-bond donors (Lipinski definition) is 4. The average molecular weight is 338 g/mol. The molecule has 0 aliphatic carbocycles. The summed E-state index contributed by atoms with van der Waals surface area (Å²) in [7, 11) is 0. The Morgan fingerprint density at radius 2 is 1.84 bits per heavy atom. The summed E-state index contributed by atoms with van der Waals surface area (Å²) in [4.78, 5) is 24.4. The van der Waals surface area contributed by atoms with Crippen LogP contribution in [0.25, 0.3) is 0 Å². The van der Waals surface area contributed by atoms with Crippen LogP contribution < -0.4 is 21.3 Å². The van der Waals surface area contributed by atoms with E-state index in [4.69, 9.17) is 0 Å². The van der Waals surface area contributed by atoms with Gasteiger partial charge in [0.25, 0.3) is 5.91 Å². The third kappa shape index (κ3) is 4.58. The highest BCUT2D eigenvalue weighted by molar-refractivity contribution is 6.02. The minimum Gasteiger partial charge on any atom is -0.352 e. The molecule has 0 radical (unpaired) electrons. The number of amides is 3. The minimum atomic E-state index is -0.340. The molecule has 6 heteroatoms. The summed E-state index contributed by atoms with van der Waals surface area (Å²) in [5.41, 5.74) is 2.75. The second-order valence-corrected chi connectivity index (χ2v) is 6.21. The lowest BCUT2D eigenvalue weighted by Crippen LogP contribution is -2.48. The Morgan fingerprint density at radius 3 is 2.52 bits per heavy atom. The first-order valence-electron chi connectivity index (χ1n) is 8.34. The molecule has 4 N–H and O–H groups in total. The molecule has 1 aliphatic heterocycles. The van der Waals surface area contributed by atoms with E-state index in [1.165, 1.54) is 0 Å². The van der Waals surface area contributed by atoms with Crippen molar-refractivity contribution in [3.05, 3.63) is 59.7 Å². The summed E-state index contributed by atoms with van der Waals surface area (Å²) in [6.07, 6.45) is 0. The first kappa shape index (κ1) is 17.0. The fourth-order valence-electron chi connectivity index (χ4n) is 2.54. The third-order valence-corrected chi connectivity index (χ3v) is 4.20. The van der Waals surface area contributed by atoms with Gasteiger partial charge >= 0.3 is 6.03 Å². The number of benzene rings is 2. The molecule has 130 valence electrons. The van der Waals surface area contributed by atoms with Gasteiger partial charge in [-0.05, 0) is 36.8 Å². The van der Waals surface area contributed by atoms with Gasteiger partial charge in [-0.3, -0.25) is 4.79 Å². The van der Waals surface area contributed by atoms with E-state index in [-0.39, 0.29) is 11.9 Å². The maximum Gasteiger partial charge on any atom is 0.323 e. The Hall–Kier alpha value is -2.86. The minimum absolute atomic E-state index is 0.126. The summed E-state index contributed by atoms with van der Waals surface area (Å²) in [5, 5.41) is 11.7. The Balaban J connectivity index is 1.62. The van der Waals surface area contributed by atoms with Gasteiger partial charge in [0.2, 0.25) is 0 Å². The third-order valence-electron chi connectivity index (χ3n) is 4.20. The van der Waals surface area contributed by atoms with Crippen molar-refractivity contribution < 1.29 is 9.59 Å². The number of carbonyl (C=O) groups excluding carboxylic acids is 2. The molecular weight excluding hydrogens is 316 g/mol. The lowest BCUT2D eigenvalue weighted by Gasteiger charge is -2.27. The van der Waals surface area contributed by atoms with Crippen LogP contribution in [0.2, 0.25) is 0 Å². The molecule has 25 heavy (non-hydrogen) atoms. The zero-order valence-corrected chi connectivity index (χ0v) is 14.1. The van der Waals surface area contributed by atoms with Gasteiger partial charge in [-0.2, -0.15) is 0 Å². The van der Waals surface area contributed by atoms with Crippen LogP contribution in [0.15, 0.2) is 48.5 Å². The van der Waals surface area contributed by atoms with Crippen LogP contribution >= 0.6 is 0 Å². The molecule has 1 saturated heterocycles. The van der Waals surface area contributed by atoms with Gasteiger partial charge in [-0.15, -0.1) is 0 Å². The maximum absolute atomic E-state index is 12.3. The van der Waals surface area contributed by atoms with Crippen molar-refractivity contribution >= 4 is 23.3 Å². The predicted molar refractivity (Wildman–Crippen MR) is 99.0 cm³/mol. The zero-order chi connectivity index (χ0) is 17.6. The smallest absolute Gasteiger partial charge is 0.323 e. The maximum atomic E-state index is 12.3. The number of aryl methyl sites for hydroxylation is 1. The number of urea groups is 1. The molecule has 3 amide bonds. The Morgan fingerprint density at radius 1 is 1.08 bits per heavy atom. The first-order chi connectivity index (χ1) is 12.1. The monoisotopic (exact) mass is 338 g/mol. The molecule has 1 aliphatic rings. The van der Waals surface area contributed by atoms with Crippen LogP contribution in [0.1, 0.15) is 15.9 Å². The van der Waals surface area contributed by atoms with Gasteiger partial charge < -0.3 is 21.3 Å². The molecule has 3 rings (SSSR count). The molecule has 0 bridgehead atoms. The van der Waals surface area contributed by atoms with E-state index in [0.29, 0.717) is 29.4 Å². The normalized spacial score (nSPS) is 13.6. The van der Waals surface area contributed by atoms with E-state index in [1.54, 1.807) is 12.1 Å². The van der Waals surface area contributed by atoms with E-state index >= 15 is 0 Å². The van der Waals surface area contributed by atoms with E-state index < -0.39 is 0 Å². The molecule has 1 heterocycles. The van der Waals surface area contributed by atoms with Crippen molar-refractivity contribution in [1.29, 1.82) is 0 Å². The summed E-state index contributed by atoms with van der Waals surface area (Å²) < 4.78 is 0. The summed E-state index contributed by atoms with van der Waals surface area (Å²) in [5.74, 6) is 0.377. The standard InChI is InChI=1S/C19H22N4O2/c1-13-7-8-15(18(24)21-12-14-10-20-11-14)9-17(13)23-19(25)22-16-5-3-2-4-6-16/h2-9,14,20H,10-12H2,1H3,(H,21,24)(H2,22,23,25). The van der Waals surface area contributed by atoms with Crippen molar-refractivity contribution in [2.45, 2.75) is 6.92 Å². The molecule has 0 saturated carbocycles. The van der Waals surface area contributed by atoms with Crippen LogP contribution in [-0.2, 0) is 0 Å². The van der Waals surface area contributed by atoms with E-state index in [9.17, 15) is 9.59 Å². The zero-order valence-electron chi connectivity index (χ0n) is 14.1. The number of hydrogen-bond acceptors (Lipinski definition) is 3. The van der Waals surface area contributed by atoms with Crippen molar-refractivity contribution in [1.82, 2.24) is 10.6 Å². The van der Waals surface area contributed by atoms with Crippen molar-refractivity contribution in [2.24, 2.45) is 5.92 Å². The van der Waals surface area contributed by atoms with Crippen LogP contribution in [0.3, 0.4) is 0 Å². The molecule has 2 aromatic rings. The number of rotatable bonds is 5. The van der Waals surface area contributed by atoms with Crippen LogP contribution in [0.5, 0.6) is 0 Å². The van der Waals surface area contributed by atoms with E-state index in [1.807, 2.05) is 43.3 Å². The molecular formula is C19H22N4O2. The molecule has 0 aromatic heterocycles. The highest BCUT2D eigenvalue weighted by atomic mass is 16.2. The topological polar surface area (TPSA) is 82.3 Å². The van der Waals surface area contributed by atoms with Crippen molar-refractivity contribution in [3.63, 3.8) is 0 Å². The predicted octanol–water partition coefficient (Wildman–Crippen LogP) is 2.59. The van der Waals surface area contributed by atoms with Crippen LogP contribution in [-0.4, -0.2) is 31.6 Å². The van der Waals surface area contributed by atoms with Gasteiger partial charge in [0.05, 0.1) is 0 Å². The molecule has 0 spiro atoms. The number of para-hydroxylation sites is 1. The van der Waals surface area contributed by atoms with Crippen LogP contribution in [0, 0.1) is 12.8 Å². The summed E-state index contributed by atoms with van der Waals surface area (Å²) in [6, 6.07) is 14.2. The molecule has 6 nitrogen and oxygen atoms in total. The quantitative estimate of drug-likeness (QED) is 0.676. The SMILES string of the molecule is Cc1ccc(C(=O)NCC2CNC2)cc1NC(=O)Nc1ccccc1. The largest absolute Gasteiger partial charge is 0.352 e. The lowest BCUT2D eigenvalue weighted by atomic mass is 10.0. The summed E-state index contributed by atoms with van der Waals surface area (Å²) >= 11 is 0. The highest BCUT2D eigenvalue weighted by Gasteiger charge is 2.18. The second kappa shape index (κ2) is 7.81. The second-order valence-electron chi connectivity index (χ2n) is 6.21. The molecule has 2 aromatic carbocycles. The van der Waals surface area contributed by atoms with Gasteiger partial charge in [0.15, 0.2) is 0 Å². The fourth-order valence-corrected chi connectivity index (χ4v) is 2.54.